The number of aliphatic hydroxyl groups excluding tert-OH is 1. The number of rotatable bonds is 2. The zero-order valence-electron chi connectivity index (χ0n) is 9.67. The Hall–Kier alpha value is -0.330. The minimum atomic E-state index is -4.53. The number of ether oxygens (including phenoxy) is 1. The molecule has 17 heavy (non-hydrogen) atoms. The smallest absolute Gasteiger partial charge is 0.382 e. The Morgan fingerprint density at radius 1 is 1.29 bits per heavy atom. The van der Waals surface area contributed by atoms with Gasteiger partial charge in [-0.15, -0.1) is 0 Å². The molecule has 0 unspecified atom stereocenters. The Balaban J connectivity index is 2.02. The Morgan fingerprint density at radius 3 is 2.53 bits per heavy atom. The summed E-state index contributed by atoms with van der Waals surface area (Å²) in [5, 5.41) is 9.17. The number of aliphatic hydroxyl groups is 1. The Labute approximate surface area is 98.5 Å². The third kappa shape index (κ3) is 2.74. The van der Waals surface area contributed by atoms with Crippen LogP contribution in [0, 0.1) is 0 Å². The summed E-state index contributed by atoms with van der Waals surface area (Å²) in [5.74, 6) is 0. The number of nitrogens with zero attached hydrogens (tertiary/aromatic N) is 1. The van der Waals surface area contributed by atoms with Crippen LogP contribution >= 0.6 is 0 Å². The van der Waals surface area contributed by atoms with Crippen molar-refractivity contribution in [2.24, 2.45) is 0 Å². The number of hydrogen-bond donors (Lipinski definition) is 1. The number of β-amino-alcohol motifs (C(OH)–C–C–N with tert-alkyl or cyclic N) is 1. The van der Waals surface area contributed by atoms with Gasteiger partial charge >= 0.3 is 6.18 Å². The van der Waals surface area contributed by atoms with Crippen molar-refractivity contribution in [2.45, 2.75) is 43.5 Å². The predicted molar refractivity (Wildman–Crippen MR) is 55.7 cm³/mol. The largest absolute Gasteiger partial charge is 0.415 e. The van der Waals surface area contributed by atoms with Gasteiger partial charge in [-0.1, -0.05) is 12.8 Å². The number of hydrogen-bond acceptors (Lipinski definition) is 3. The highest BCUT2D eigenvalue weighted by atomic mass is 19.4. The molecule has 2 fully saturated rings. The van der Waals surface area contributed by atoms with Crippen molar-refractivity contribution < 1.29 is 23.0 Å². The Bertz CT molecular complexity index is 264. The summed E-state index contributed by atoms with van der Waals surface area (Å²) >= 11 is 0. The summed E-state index contributed by atoms with van der Waals surface area (Å²) in [4.78, 5) is 1.78. The molecule has 1 N–H and O–H groups in total. The Kier molecular flexibility index (Phi) is 3.66. The van der Waals surface area contributed by atoms with Gasteiger partial charge in [0.05, 0.1) is 13.2 Å². The second-order valence-electron chi connectivity index (χ2n) is 4.99. The van der Waals surface area contributed by atoms with Crippen molar-refractivity contribution in [2.75, 3.05) is 26.3 Å². The molecule has 0 aromatic rings. The normalized spacial score (nSPS) is 27.5. The van der Waals surface area contributed by atoms with Gasteiger partial charge in [-0.05, 0) is 12.8 Å². The van der Waals surface area contributed by atoms with E-state index in [9.17, 15) is 18.3 Å². The SMILES string of the molecule is O[C@H](CN1CCOCC12CCCC2)C(F)(F)F. The highest BCUT2D eigenvalue weighted by molar-refractivity contribution is 4.97. The van der Waals surface area contributed by atoms with Gasteiger partial charge < -0.3 is 9.84 Å². The van der Waals surface area contributed by atoms with Crippen LogP contribution in [-0.2, 0) is 4.74 Å². The van der Waals surface area contributed by atoms with Crippen molar-refractivity contribution in [3.63, 3.8) is 0 Å². The summed E-state index contributed by atoms with van der Waals surface area (Å²) in [5.41, 5.74) is -0.259. The van der Waals surface area contributed by atoms with Crippen molar-refractivity contribution in [1.82, 2.24) is 4.90 Å². The zero-order valence-corrected chi connectivity index (χ0v) is 9.67. The standard InChI is InChI=1S/C11H18F3NO2/c12-11(13,14)9(16)7-15-5-6-17-8-10(15)3-1-2-4-10/h9,16H,1-8H2/t9-/m1/s1. The Morgan fingerprint density at radius 2 is 1.94 bits per heavy atom. The number of alkyl halides is 3. The molecule has 3 nitrogen and oxygen atoms in total. The van der Waals surface area contributed by atoms with Crippen LogP contribution in [0.25, 0.3) is 0 Å². The molecule has 0 amide bonds. The minimum Gasteiger partial charge on any atom is -0.382 e. The molecule has 1 aliphatic carbocycles. The van der Waals surface area contributed by atoms with E-state index in [1.54, 1.807) is 4.90 Å². The lowest BCUT2D eigenvalue weighted by Gasteiger charge is -2.45. The second-order valence-corrected chi connectivity index (χ2v) is 4.99. The fourth-order valence-electron chi connectivity index (χ4n) is 2.86. The van der Waals surface area contributed by atoms with Crippen LogP contribution < -0.4 is 0 Å². The van der Waals surface area contributed by atoms with E-state index in [2.05, 4.69) is 0 Å². The molecule has 0 bridgehead atoms. The molecule has 100 valence electrons. The average Bonchev–Trinajstić information content (AvgIpc) is 2.70. The maximum absolute atomic E-state index is 12.4. The monoisotopic (exact) mass is 253 g/mol. The molecule has 1 spiro atoms. The average molecular weight is 253 g/mol. The van der Waals surface area contributed by atoms with Crippen LogP contribution in [0.5, 0.6) is 0 Å². The topological polar surface area (TPSA) is 32.7 Å². The van der Waals surface area contributed by atoms with E-state index in [-0.39, 0.29) is 12.1 Å². The first kappa shape index (κ1) is 13.1. The maximum Gasteiger partial charge on any atom is 0.415 e. The van der Waals surface area contributed by atoms with Crippen molar-refractivity contribution in [1.29, 1.82) is 0 Å². The van der Waals surface area contributed by atoms with Gasteiger partial charge in [0, 0.05) is 18.6 Å². The van der Waals surface area contributed by atoms with Gasteiger partial charge in [0.2, 0.25) is 0 Å². The highest BCUT2D eigenvalue weighted by Crippen LogP contribution is 2.38. The molecule has 0 aromatic heterocycles. The maximum atomic E-state index is 12.4. The van der Waals surface area contributed by atoms with Gasteiger partial charge in [-0.3, -0.25) is 4.90 Å². The molecule has 2 aliphatic rings. The first-order valence-corrected chi connectivity index (χ1v) is 6.02. The van der Waals surface area contributed by atoms with E-state index in [1.165, 1.54) is 0 Å². The van der Waals surface area contributed by atoms with Crippen LogP contribution in [0.15, 0.2) is 0 Å². The van der Waals surface area contributed by atoms with E-state index < -0.39 is 12.3 Å². The molecular weight excluding hydrogens is 235 g/mol. The number of morpholine rings is 1. The highest BCUT2D eigenvalue weighted by Gasteiger charge is 2.46. The number of halogens is 3. The first-order valence-electron chi connectivity index (χ1n) is 6.02. The third-order valence-corrected chi connectivity index (χ3v) is 3.85. The molecule has 1 atom stereocenters. The van der Waals surface area contributed by atoms with Crippen LogP contribution in [0.1, 0.15) is 25.7 Å². The lowest BCUT2D eigenvalue weighted by atomic mass is 9.94. The quantitative estimate of drug-likeness (QED) is 0.810. The van der Waals surface area contributed by atoms with E-state index in [1.807, 2.05) is 0 Å². The fourth-order valence-corrected chi connectivity index (χ4v) is 2.86. The van der Waals surface area contributed by atoms with Gasteiger partial charge in [0.1, 0.15) is 0 Å². The molecule has 1 aliphatic heterocycles. The van der Waals surface area contributed by atoms with Crippen molar-refractivity contribution in [3.05, 3.63) is 0 Å². The minimum absolute atomic E-state index is 0.259. The van der Waals surface area contributed by atoms with E-state index in [0.29, 0.717) is 19.8 Å². The van der Waals surface area contributed by atoms with Gasteiger partial charge in [-0.2, -0.15) is 13.2 Å². The first-order chi connectivity index (χ1) is 7.94. The molecule has 1 heterocycles. The van der Waals surface area contributed by atoms with Crippen molar-refractivity contribution in [3.8, 4) is 0 Å². The molecule has 0 radical (unpaired) electrons. The summed E-state index contributed by atoms with van der Waals surface area (Å²) in [6.45, 7) is 1.10. The summed E-state index contributed by atoms with van der Waals surface area (Å²) in [7, 11) is 0. The fraction of sp³-hybridized carbons (Fsp3) is 1.00. The van der Waals surface area contributed by atoms with Crippen LogP contribution in [-0.4, -0.2) is 54.1 Å². The molecular formula is C11H18F3NO2. The summed E-state index contributed by atoms with van der Waals surface area (Å²) in [6, 6.07) is 0. The predicted octanol–water partition coefficient (Wildman–Crippen LogP) is 1.55. The molecule has 1 saturated heterocycles. The van der Waals surface area contributed by atoms with Crippen molar-refractivity contribution >= 4 is 0 Å². The molecule has 1 saturated carbocycles. The molecule has 0 aromatic carbocycles. The lowest BCUT2D eigenvalue weighted by Crippen LogP contribution is -2.58. The van der Waals surface area contributed by atoms with Crippen LogP contribution in [0.3, 0.4) is 0 Å². The van der Waals surface area contributed by atoms with E-state index in [4.69, 9.17) is 4.74 Å². The summed E-state index contributed by atoms with van der Waals surface area (Å²) < 4.78 is 42.5. The second kappa shape index (κ2) is 4.74. The molecule has 2 rings (SSSR count). The lowest BCUT2D eigenvalue weighted by molar-refractivity contribution is -0.216. The summed E-state index contributed by atoms with van der Waals surface area (Å²) in [6.07, 6.45) is -2.98. The molecule has 6 heteroatoms. The zero-order chi connectivity index (χ0) is 12.5. The van der Waals surface area contributed by atoms with Crippen LogP contribution in [0.4, 0.5) is 13.2 Å². The van der Waals surface area contributed by atoms with Gasteiger partial charge in [0.15, 0.2) is 6.10 Å². The van der Waals surface area contributed by atoms with E-state index >= 15 is 0 Å². The van der Waals surface area contributed by atoms with E-state index in [0.717, 1.165) is 25.7 Å². The third-order valence-electron chi connectivity index (χ3n) is 3.85. The van der Waals surface area contributed by atoms with Gasteiger partial charge in [-0.25, -0.2) is 0 Å². The van der Waals surface area contributed by atoms with Gasteiger partial charge in [0.25, 0.3) is 0 Å². The van der Waals surface area contributed by atoms with Crippen LogP contribution in [0.2, 0.25) is 0 Å².